The molecule has 1 N–H and O–H groups in total. The van der Waals surface area contributed by atoms with Crippen LogP contribution in [0, 0.1) is 5.41 Å². The number of hydrogen-bond donors (Lipinski definition) is 1. The molecule has 0 aromatic rings. The van der Waals surface area contributed by atoms with E-state index in [0.717, 1.165) is 52.1 Å². The average molecular weight is 253 g/mol. The monoisotopic (exact) mass is 253 g/mol. The van der Waals surface area contributed by atoms with Gasteiger partial charge < -0.3 is 10.2 Å². The predicted octanol–water partition coefficient (Wildman–Crippen LogP) is 0.929. The molecular weight excluding hydrogens is 226 g/mol. The van der Waals surface area contributed by atoms with Crippen LogP contribution in [0.3, 0.4) is 0 Å². The molecule has 0 aromatic carbocycles. The van der Waals surface area contributed by atoms with E-state index in [2.05, 4.69) is 35.9 Å². The zero-order valence-corrected chi connectivity index (χ0v) is 12.0. The van der Waals surface area contributed by atoms with Crippen molar-refractivity contribution >= 4 is 5.91 Å². The molecule has 4 nitrogen and oxygen atoms in total. The van der Waals surface area contributed by atoms with E-state index in [1.54, 1.807) is 0 Å². The number of piperazine rings is 1. The summed E-state index contributed by atoms with van der Waals surface area (Å²) in [6, 6.07) is 0.592. The molecule has 2 rings (SSSR count). The SMILES string of the molecule is CC(C)N1CCN(C(=O)C2(C)CCCNC2)CC1. The molecule has 1 atom stereocenters. The first-order valence-corrected chi connectivity index (χ1v) is 7.27. The van der Waals surface area contributed by atoms with E-state index in [4.69, 9.17) is 0 Å². The van der Waals surface area contributed by atoms with E-state index in [-0.39, 0.29) is 5.41 Å². The minimum Gasteiger partial charge on any atom is -0.340 e. The lowest BCUT2D eigenvalue weighted by molar-refractivity contribution is -0.144. The number of carbonyl (C=O) groups excluding carboxylic acids is 1. The second-order valence-corrected chi connectivity index (χ2v) is 6.26. The van der Waals surface area contributed by atoms with Crippen LogP contribution in [0.2, 0.25) is 0 Å². The van der Waals surface area contributed by atoms with E-state index in [9.17, 15) is 4.79 Å². The Kier molecular flexibility index (Phi) is 4.28. The Labute approximate surface area is 111 Å². The smallest absolute Gasteiger partial charge is 0.229 e. The Morgan fingerprint density at radius 1 is 1.22 bits per heavy atom. The minimum absolute atomic E-state index is 0.168. The molecule has 1 amide bonds. The first-order chi connectivity index (χ1) is 8.53. The van der Waals surface area contributed by atoms with Crippen LogP contribution in [0.4, 0.5) is 0 Å². The summed E-state index contributed by atoms with van der Waals surface area (Å²) in [7, 11) is 0. The first kappa shape index (κ1) is 13.8. The molecule has 0 saturated carbocycles. The zero-order valence-electron chi connectivity index (χ0n) is 12.0. The van der Waals surface area contributed by atoms with Gasteiger partial charge in [-0.05, 0) is 40.2 Å². The van der Waals surface area contributed by atoms with Gasteiger partial charge in [0.1, 0.15) is 0 Å². The highest BCUT2D eigenvalue weighted by Crippen LogP contribution is 2.28. The fourth-order valence-electron chi connectivity index (χ4n) is 3.06. The topological polar surface area (TPSA) is 35.6 Å². The third kappa shape index (κ3) is 2.86. The Hall–Kier alpha value is -0.610. The summed E-state index contributed by atoms with van der Waals surface area (Å²) in [6.45, 7) is 12.3. The van der Waals surface area contributed by atoms with Crippen LogP contribution in [-0.2, 0) is 4.79 Å². The Balaban J connectivity index is 1.90. The van der Waals surface area contributed by atoms with Crippen molar-refractivity contribution in [3.63, 3.8) is 0 Å². The van der Waals surface area contributed by atoms with Crippen LogP contribution in [0.5, 0.6) is 0 Å². The molecule has 2 aliphatic heterocycles. The van der Waals surface area contributed by atoms with Crippen molar-refractivity contribution < 1.29 is 4.79 Å². The molecule has 18 heavy (non-hydrogen) atoms. The highest BCUT2D eigenvalue weighted by Gasteiger charge is 2.38. The first-order valence-electron chi connectivity index (χ1n) is 7.27. The van der Waals surface area contributed by atoms with E-state index in [1.807, 2.05) is 0 Å². The number of rotatable bonds is 2. The fourth-order valence-corrected chi connectivity index (χ4v) is 3.06. The van der Waals surface area contributed by atoms with E-state index in [1.165, 1.54) is 0 Å². The Morgan fingerprint density at radius 2 is 1.89 bits per heavy atom. The van der Waals surface area contributed by atoms with Gasteiger partial charge in [0, 0.05) is 38.8 Å². The van der Waals surface area contributed by atoms with Crippen LogP contribution in [-0.4, -0.2) is 61.0 Å². The zero-order chi connectivity index (χ0) is 13.2. The fraction of sp³-hybridized carbons (Fsp3) is 0.929. The van der Waals surface area contributed by atoms with Crippen molar-refractivity contribution in [2.45, 2.75) is 39.7 Å². The Morgan fingerprint density at radius 3 is 2.39 bits per heavy atom. The van der Waals surface area contributed by atoms with Gasteiger partial charge in [0.2, 0.25) is 5.91 Å². The van der Waals surface area contributed by atoms with E-state index in [0.29, 0.717) is 11.9 Å². The van der Waals surface area contributed by atoms with Gasteiger partial charge in [-0.1, -0.05) is 0 Å². The summed E-state index contributed by atoms with van der Waals surface area (Å²) in [5.74, 6) is 0.359. The number of nitrogens with zero attached hydrogens (tertiary/aromatic N) is 2. The van der Waals surface area contributed by atoms with Crippen molar-refractivity contribution in [3.05, 3.63) is 0 Å². The maximum Gasteiger partial charge on any atom is 0.229 e. The van der Waals surface area contributed by atoms with Crippen molar-refractivity contribution in [2.24, 2.45) is 5.41 Å². The average Bonchev–Trinajstić information content (AvgIpc) is 2.39. The van der Waals surface area contributed by atoms with Gasteiger partial charge in [-0.3, -0.25) is 9.69 Å². The molecule has 0 aliphatic carbocycles. The minimum atomic E-state index is -0.168. The lowest BCUT2D eigenvalue weighted by Gasteiger charge is -2.42. The summed E-state index contributed by atoms with van der Waals surface area (Å²) in [5, 5.41) is 3.36. The van der Waals surface area contributed by atoms with Gasteiger partial charge in [-0.2, -0.15) is 0 Å². The second-order valence-electron chi connectivity index (χ2n) is 6.26. The summed E-state index contributed by atoms with van der Waals surface area (Å²) >= 11 is 0. The number of amides is 1. The normalized spacial score (nSPS) is 30.8. The van der Waals surface area contributed by atoms with Crippen molar-refractivity contribution in [2.75, 3.05) is 39.3 Å². The van der Waals surface area contributed by atoms with Gasteiger partial charge in [-0.15, -0.1) is 0 Å². The predicted molar refractivity (Wildman–Crippen MR) is 73.5 cm³/mol. The second kappa shape index (κ2) is 5.57. The number of nitrogens with one attached hydrogen (secondary N) is 1. The molecule has 0 bridgehead atoms. The highest BCUT2D eigenvalue weighted by molar-refractivity contribution is 5.82. The molecule has 4 heteroatoms. The quantitative estimate of drug-likeness (QED) is 0.795. The number of piperidine rings is 1. The lowest BCUT2D eigenvalue weighted by Crippen LogP contribution is -2.56. The molecule has 0 spiro atoms. The van der Waals surface area contributed by atoms with Crippen molar-refractivity contribution in [3.8, 4) is 0 Å². The van der Waals surface area contributed by atoms with Gasteiger partial charge in [-0.25, -0.2) is 0 Å². The van der Waals surface area contributed by atoms with Crippen molar-refractivity contribution in [1.82, 2.24) is 15.1 Å². The molecule has 0 aromatic heterocycles. The number of hydrogen-bond acceptors (Lipinski definition) is 3. The van der Waals surface area contributed by atoms with Gasteiger partial charge in [0.15, 0.2) is 0 Å². The molecule has 2 fully saturated rings. The third-order valence-electron chi connectivity index (χ3n) is 4.45. The molecule has 0 radical (unpaired) electrons. The highest BCUT2D eigenvalue weighted by atomic mass is 16.2. The third-order valence-corrected chi connectivity index (χ3v) is 4.45. The van der Waals surface area contributed by atoms with Crippen LogP contribution in [0.1, 0.15) is 33.6 Å². The lowest BCUT2D eigenvalue weighted by atomic mass is 9.81. The maximum atomic E-state index is 12.6. The molecular formula is C14H27N3O. The summed E-state index contributed by atoms with van der Waals surface area (Å²) in [5.41, 5.74) is -0.168. The maximum absolute atomic E-state index is 12.6. The molecule has 2 heterocycles. The largest absolute Gasteiger partial charge is 0.340 e. The summed E-state index contributed by atoms with van der Waals surface area (Å²) in [6.07, 6.45) is 2.15. The van der Waals surface area contributed by atoms with Crippen LogP contribution in [0.25, 0.3) is 0 Å². The molecule has 2 aliphatic rings. The molecule has 1 unspecified atom stereocenters. The van der Waals surface area contributed by atoms with Crippen LogP contribution in [0.15, 0.2) is 0 Å². The summed E-state index contributed by atoms with van der Waals surface area (Å²) < 4.78 is 0. The van der Waals surface area contributed by atoms with Gasteiger partial charge in [0.05, 0.1) is 5.41 Å². The van der Waals surface area contributed by atoms with Gasteiger partial charge >= 0.3 is 0 Å². The molecule has 2 saturated heterocycles. The van der Waals surface area contributed by atoms with Crippen LogP contribution < -0.4 is 5.32 Å². The van der Waals surface area contributed by atoms with Gasteiger partial charge in [0.25, 0.3) is 0 Å². The Bertz CT molecular complexity index is 289. The number of carbonyl (C=O) groups is 1. The molecule has 104 valence electrons. The van der Waals surface area contributed by atoms with Crippen LogP contribution >= 0.6 is 0 Å². The summed E-state index contributed by atoms with van der Waals surface area (Å²) in [4.78, 5) is 17.1. The van der Waals surface area contributed by atoms with E-state index >= 15 is 0 Å². The standard InChI is InChI=1S/C14H27N3O/c1-12(2)16-7-9-17(10-8-16)13(18)14(3)5-4-6-15-11-14/h12,15H,4-11H2,1-3H3. The van der Waals surface area contributed by atoms with E-state index < -0.39 is 0 Å². The van der Waals surface area contributed by atoms with Crippen molar-refractivity contribution in [1.29, 1.82) is 0 Å².